The van der Waals surface area contributed by atoms with E-state index in [1.165, 1.54) is 25.3 Å². The lowest BCUT2D eigenvalue weighted by molar-refractivity contribution is 0.0338. The van der Waals surface area contributed by atoms with E-state index in [0.717, 1.165) is 12.8 Å². The fraction of sp³-hybridized carbons (Fsp3) is 0.588. The first-order valence-electron chi connectivity index (χ1n) is 7.58. The van der Waals surface area contributed by atoms with E-state index in [2.05, 4.69) is 11.9 Å². The molecule has 2 heterocycles. The van der Waals surface area contributed by atoms with Gasteiger partial charge in [-0.15, -0.1) is 0 Å². The number of halogens is 1. The van der Waals surface area contributed by atoms with Crippen LogP contribution in [-0.2, 0) is 0 Å². The van der Waals surface area contributed by atoms with Crippen LogP contribution in [0.15, 0.2) is 18.2 Å². The number of ketones is 1. The molecule has 2 nitrogen and oxygen atoms in total. The number of benzene rings is 1. The van der Waals surface area contributed by atoms with Gasteiger partial charge in [-0.25, -0.2) is 4.39 Å². The Morgan fingerprint density at radius 3 is 2.50 bits per heavy atom. The molecule has 2 fully saturated rings. The molecule has 0 saturated carbocycles. The third-order valence-electron chi connectivity index (χ3n) is 5.17. The highest BCUT2D eigenvalue weighted by molar-refractivity contribution is 5.98. The van der Waals surface area contributed by atoms with Crippen LogP contribution in [0, 0.1) is 18.7 Å². The van der Waals surface area contributed by atoms with Crippen LogP contribution in [0.25, 0.3) is 0 Å². The van der Waals surface area contributed by atoms with E-state index in [-0.39, 0.29) is 17.5 Å². The van der Waals surface area contributed by atoms with Gasteiger partial charge in [0.05, 0.1) is 0 Å². The van der Waals surface area contributed by atoms with Gasteiger partial charge in [0, 0.05) is 23.6 Å². The average molecular weight is 275 g/mol. The predicted octanol–water partition coefficient (Wildman–Crippen LogP) is 3.58. The van der Waals surface area contributed by atoms with Gasteiger partial charge in [-0.3, -0.25) is 4.79 Å². The molecule has 0 aromatic heterocycles. The maximum Gasteiger partial charge on any atom is 0.166 e. The molecular formula is C17H22FNO. The standard InChI is InChI=1S/C17H22FNO/c1-11-6-7-12(10-16(11)18)17(20)13-8-14-4-3-5-15(9-13)19(14)2/h6-7,10,13-15H,3-5,8-9H2,1-2H3. The second-order valence-electron chi connectivity index (χ2n) is 6.40. The Morgan fingerprint density at radius 2 is 1.90 bits per heavy atom. The Morgan fingerprint density at radius 1 is 1.25 bits per heavy atom. The highest BCUT2D eigenvalue weighted by Gasteiger charge is 2.38. The fourth-order valence-electron chi connectivity index (χ4n) is 3.81. The van der Waals surface area contributed by atoms with Crippen LogP contribution in [0.4, 0.5) is 4.39 Å². The monoisotopic (exact) mass is 275 g/mol. The lowest BCUT2D eigenvalue weighted by atomic mass is 9.76. The van der Waals surface area contributed by atoms with Crippen molar-refractivity contribution in [2.75, 3.05) is 7.05 Å². The van der Waals surface area contributed by atoms with Crippen LogP contribution in [-0.4, -0.2) is 29.8 Å². The highest BCUT2D eigenvalue weighted by atomic mass is 19.1. The summed E-state index contributed by atoms with van der Waals surface area (Å²) in [5.74, 6) is -0.0681. The van der Waals surface area contributed by atoms with E-state index in [1.54, 1.807) is 19.1 Å². The Balaban J connectivity index is 1.79. The summed E-state index contributed by atoms with van der Waals surface area (Å²) in [6, 6.07) is 5.96. The number of nitrogens with zero attached hydrogens (tertiary/aromatic N) is 1. The molecule has 2 aliphatic rings. The quantitative estimate of drug-likeness (QED) is 0.769. The van der Waals surface area contributed by atoms with Gasteiger partial charge in [0.1, 0.15) is 5.82 Å². The van der Waals surface area contributed by atoms with Crippen molar-refractivity contribution in [3.63, 3.8) is 0 Å². The summed E-state index contributed by atoms with van der Waals surface area (Å²) < 4.78 is 13.6. The third kappa shape index (κ3) is 2.39. The molecule has 2 atom stereocenters. The van der Waals surface area contributed by atoms with Gasteiger partial charge in [0.2, 0.25) is 0 Å². The average Bonchev–Trinajstić information content (AvgIpc) is 2.41. The first kappa shape index (κ1) is 13.7. The Kier molecular flexibility index (Phi) is 3.63. The minimum absolute atomic E-state index is 0.0728. The number of hydrogen-bond donors (Lipinski definition) is 0. The summed E-state index contributed by atoms with van der Waals surface area (Å²) in [5.41, 5.74) is 1.14. The van der Waals surface area contributed by atoms with Gasteiger partial charge in [-0.1, -0.05) is 18.6 Å². The molecule has 3 rings (SSSR count). The maximum atomic E-state index is 13.6. The van der Waals surface area contributed by atoms with Gasteiger partial charge in [-0.05, 0) is 51.3 Å². The molecule has 0 N–H and O–H groups in total. The van der Waals surface area contributed by atoms with Crippen molar-refractivity contribution in [1.82, 2.24) is 4.90 Å². The van der Waals surface area contributed by atoms with Crippen LogP contribution < -0.4 is 0 Å². The molecule has 0 spiro atoms. The predicted molar refractivity (Wildman–Crippen MR) is 77.4 cm³/mol. The minimum atomic E-state index is -0.274. The molecule has 1 aromatic rings. The van der Waals surface area contributed by atoms with Gasteiger partial charge >= 0.3 is 0 Å². The van der Waals surface area contributed by atoms with E-state index in [9.17, 15) is 9.18 Å². The summed E-state index contributed by atoms with van der Waals surface area (Å²) in [4.78, 5) is 15.1. The number of hydrogen-bond acceptors (Lipinski definition) is 2. The molecule has 2 aliphatic heterocycles. The van der Waals surface area contributed by atoms with Gasteiger partial charge in [0.15, 0.2) is 5.78 Å². The molecule has 108 valence electrons. The van der Waals surface area contributed by atoms with Crippen LogP contribution >= 0.6 is 0 Å². The molecule has 0 aliphatic carbocycles. The minimum Gasteiger partial charge on any atom is -0.300 e. The zero-order valence-corrected chi connectivity index (χ0v) is 12.2. The van der Waals surface area contributed by atoms with Crippen LogP contribution in [0.2, 0.25) is 0 Å². The second kappa shape index (κ2) is 5.28. The van der Waals surface area contributed by atoms with E-state index in [4.69, 9.17) is 0 Å². The van der Waals surface area contributed by atoms with Crippen LogP contribution in [0.3, 0.4) is 0 Å². The Bertz CT molecular complexity index is 514. The number of carbonyl (C=O) groups is 1. The molecule has 3 heteroatoms. The Hall–Kier alpha value is -1.22. The molecule has 0 radical (unpaired) electrons. The van der Waals surface area contributed by atoms with Gasteiger partial charge in [-0.2, -0.15) is 0 Å². The summed E-state index contributed by atoms with van der Waals surface area (Å²) in [5, 5.41) is 0. The largest absolute Gasteiger partial charge is 0.300 e. The first-order chi connectivity index (χ1) is 9.56. The number of aryl methyl sites for hydroxylation is 1. The summed E-state index contributed by atoms with van der Waals surface area (Å²) in [6.07, 6.45) is 5.53. The lowest BCUT2D eigenvalue weighted by Crippen LogP contribution is -2.51. The summed E-state index contributed by atoms with van der Waals surface area (Å²) in [7, 11) is 2.18. The number of rotatable bonds is 2. The first-order valence-corrected chi connectivity index (χ1v) is 7.58. The number of fused-ring (bicyclic) bond motifs is 2. The third-order valence-corrected chi connectivity index (χ3v) is 5.17. The number of piperidine rings is 2. The molecule has 2 unspecified atom stereocenters. The van der Waals surface area contributed by atoms with Crippen molar-refractivity contribution in [2.45, 2.75) is 51.1 Å². The maximum absolute atomic E-state index is 13.6. The number of Topliss-reactive ketones (excluding diaryl/α,β-unsaturated/α-hetero) is 1. The lowest BCUT2D eigenvalue weighted by Gasteiger charge is -2.46. The summed E-state index contributed by atoms with van der Waals surface area (Å²) in [6.45, 7) is 1.73. The van der Waals surface area contributed by atoms with E-state index >= 15 is 0 Å². The molecular weight excluding hydrogens is 253 g/mol. The SMILES string of the molecule is Cc1ccc(C(=O)C2CC3CCCC(C2)N3C)cc1F. The van der Waals surface area contributed by atoms with Crippen molar-refractivity contribution in [3.8, 4) is 0 Å². The smallest absolute Gasteiger partial charge is 0.166 e. The summed E-state index contributed by atoms with van der Waals surface area (Å²) >= 11 is 0. The van der Waals surface area contributed by atoms with Gasteiger partial charge in [0.25, 0.3) is 0 Å². The fourth-order valence-corrected chi connectivity index (χ4v) is 3.81. The zero-order valence-electron chi connectivity index (χ0n) is 12.2. The topological polar surface area (TPSA) is 20.3 Å². The molecule has 2 bridgehead atoms. The molecule has 2 saturated heterocycles. The Labute approximate surface area is 120 Å². The van der Waals surface area contributed by atoms with Crippen molar-refractivity contribution >= 4 is 5.78 Å². The zero-order chi connectivity index (χ0) is 14.3. The van der Waals surface area contributed by atoms with Crippen LogP contribution in [0.5, 0.6) is 0 Å². The van der Waals surface area contributed by atoms with Crippen LogP contribution in [0.1, 0.15) is 48.0 Å². The van der Waals surface area contributed by atoms with E-state index < -0.39 is 0 Å². The van der Waals surface area contributed by atoms with Crippen molar-refractivity contribution in [3.05, 3.63) is 35.1 Å². The van der Waals surface area contributed by atoms with Crippen molar-refractivity contribution < 1.29 is 9.18 Å². The molecule has 1 aromatic carbocycles. The van der Waals surface area contributed by atoms with E-state index in [0.29, 0.717) is 23.2 Å². The van der Waals surface area contributed by atoms with Gasteiger partial charge < -0.3 is 4.90 Å². The normalized spacial score (nSPS) is 30.2. The molecule has 20 heavy (non-hydrogen) atoms. The van der Waals surface area contributed by atoms with E-state index in [1.807, 2.05) is 0 Å². The highest BCUT2D eigenvalue weighted by Crippen LogP contribution is 2.37. The second-order valence-corrected chi connectivity index (χ2v) is 6.40. The molecule has 0 amide bonds. The number of carbonyl (C=O) groups excluding carboxylic acids is 1. The van der Waals surface area contributed by atoms with Crippen molar-refractivity contribution in [2.24, 2.45) is 5.92 Å². The van der Waals surface area contributed by atoms with Crippen molar-refractivity contribution in [1.29, 1.82) is 0 Å².